The maximum Gasteiger partial charge on any atom is 0.251 e. The van der Waals surface area contributed by atoms with Crippen LogP contribution in [0.1, 0.15) is 28.9 Å². The van der Waals surface area contributed by atoms with E-state index in [0.29, 0.717) is 0 Å². The van der Waals surface area contributed by atoms with Gasteiger partial charge in [-0.05, 0) is 30.7 Å². The molecule has 0 aliphatic heterocycles. The van der Waals surface area contributed by atoms with Gasteiger partial charge in [-0.15, -0.1) is 0 Å². The number of rotatable bonds is 3. The van der Waals surface area contributed by atoms with Crippen LogP contribution < -0.4 is 11.1 Å². The highest BCUT2D eigenvalue weighted by Crippen LogP contribution is 2.14. The topological polar surface area (TPSA) is 55.1 Å². The van der Waals surface area contributed by atoms with Gasteiger partial charge in [-0.2, -0.15) is 0 Å². The molecule has 2 aromatic carbocycles. The van der Waals surface area contributed by atoms with E-state index in [-0.39, 0.29) is 23.2 Å². The molecular weight excluding hydrogens is 243 g/mol. The lowest BCUT2D eigenvalue weighted by molar-refractivity contribution is 0.0939. The first kappa shape index (κ1) is 13.1. The van der Waals surface area contributed by atoms with Gasteiger partial charge in [0.15, 0.2) is 0 Å². The highest BCUT2D eigenvalue weighted by Gasteiger charge is 2.12. The number of nitrogens with two attached hydrogens (primary N) is 1. The van der Waals surface area contributed by atoms with Crippen LogP contribution in [-0.2, 0) is 0 Å². The minimum atomic E-state index is -0.516. The van der Waals surface area contributed by atoms with Crippen molar-refractivity contribution in [2.24, 2.45) is 0 Å². The number of carbonyl (C=O) groups is 1. The first-order chi connectivity index (χ1) is 9.06. The molecule has 0 saturated carbocycles. The molecule has 3 nitrogen and oxygen atoms in total. The standard InChI is InChI=1S/C15H15FN2O/c1-10(11-5-3-2-4-6-11)18-15(19)12-7-13(16)9-14(17)8-12/h2-10H,17H2,1H3,(H,18,19). The summed E-state index contributed by atoms with van der Waals surface area (Å²) in [6, 6.07) is 13.2. The fraction of sp³-hybridized carbons (Fsp3) is 0.133. The Hall–Kier alpha value is -2.36. The van der Waals surface area contributed by atoms with E-state index in [1.807, 2.05) is 37.3 Å². The first-order valence-corrected chi connectivity index (χ1v) is 5.98. The largest absolute Gasteiger partial charge is 0.399 e. The number of amides is 1. The molecule has 19 heavy (non-hydrogen) atoms. The molecule has 1 amide bonds. The second-order valence-corrected chi connectivity index (χ2v) is 4.38. The molecule has 0 spiro atoms. The van der Waals surface area contributed by atoms with Gasteiger partial charge in [0.2, 0.25) is 0 Å². The van der Waals surface area contributed by atoms with Crippen molar-refractivity contribution in [3.8, 4) is 0 Å². The van der Waals surface area contributed by atoms with Gasteiger partial charge in [-0.3, -0.25) is 4.79 Å². The molecule has 0 radical (unpaired) electrons. The van der Waals surface area contributed by atoms with Crippen molar-refractivity contribution < 1.29 is 9.18 Å². The van der Waals surface area contributed by atoms with Gasteiger partial charge in [-0.1, -0.05) is 30.3 Å². The second-order valence-electron chi connectivity index (χ2n) is 4.38. The van der Waals surface area contributed by atoms with E-state index in [4.69, 9.17) is 5.73 Å². The van der Waals surface area contributed by atoms with E-state index in [1.165, 1.54) is 18.2 Å². The van der Waals surface area contributed by atoms with E-state index >= 15 is 0 Å². The Balaban J connectivity index is 2.13. The summed E-state index contributed by atoms with van der Waals surface area (Å²) in [6.45, 7) is 1.87. The van der Waals surface area contributed by atoms with Crippen molar-refractivity contribution >= 4 is 11.6 Å². The lowest BCUT2D eigenvalue weighted by Crippen LogP contribution is -2.26. The molecule has 1 unspecified atom stereocenters. The third-order valence-electron chi connectivity index (χ3n) is 2.83. The molecule has 2 aromatic rings. The van der Waals surface area contributed by atoms with E-state index in [2.05, 4.69) is 5.32 Å². The number of benzene rings is 2. The number of anilines is 1. The Morgan fingerprint density at radius 3 is 2.53 bits per heavy atom. The third-order valence-corrected chi connectivity index (χ3v) is 2.83. The zero-order valence-electron chi connectivity index (χ0n) is 10.6. The van der Waals surface area contributed by atoms with Crippen LogP contribution in [0, 0.1) is 5.82 Å². The van der Waals surface area contributed by atoms with Crippen molar-refractivity contribution in [2.45, 2.75) is 13.0 Å². The highest BCUT2D eigenvalue weighted by molar-refractivity contribution is 5.95. The number of nitrogen functional groups attached to an aromatic ring is 1. The van der Waals surface area contributed by atoms with Crippen molar-refractivity contribution in [1.82, 2.24) is 5.32 Å². The molecule has 3 N–H and O–H groups in total. The maximum atomic E-state index is 13.2. The van der Waals surface area contributed by atoms with Crippen LogP contribution in [-0.4, -0.2) is 5.91 Å². The molecule has 4 heteroatoms. The predicted octanol–water partition coefficient (Wildman–Crippen LogP) is 2.90. The molecule has 1 atom stereocenters. The molecular formula is C15H15FN2O. The molecule has 0 aromatic heterocycles. The van der Waals surface area contributed by atoms with E-state index in [9.17, 15) is 9.18 Å². The summed E-state index contributed by atoms with van der Waals surface area (Å²) in [5, 5.41) is 2.81. The van der Waals surface area contributed by atoms with Gasteiger partial charge in [0, 0.05) is 11.3 Å². The summed E-state index contributed by atoms with van der Waals surface area (Å²) >= 11 is 0. The summed E-state index contributed by atoms with van der Waals surface area (Å²) in [7, 11) is 0. The average Bonchev–Trinajstić information content (AvgIpc) is 2.38. The minimum absolute atomic E-state index is 0.154. The molecule has 0 bridgehead atoms. The SMILES string of the molecule is CC(NC(=O)c1cc(N)cc(F)c1)c1ccccc1. The molecule has 0 saturated heterocycles. The van der Waals surface area contributed by atoms with Crippen LogP contribution in [0.5, 0.6) is 0 Å². The molecule has 2 rings (SSSR count). The highest BCUT2D eigenvalue weighted by atomic mass is 19.1. The summed E-state index contributed by atoms with van der Waals surface area (Å²) in [5.41, 5.74) is 6.96. The summed E-state index contributed by atoms with van der Waals surface area (Å²) in [5.74, 6) is -0.861. The Kier molecular flexibility index (Phi) is 3.80. The summed E-state index contributed by atoms with van der Waals surface area (Å²) < 4.78 is 13.2. The minimum Gasteiger partial charge on any atom is -0.399 e. The van der Waals surface area contributed by atoms with Crippen LogP contribution >= 0.6 is 0 Å². The van der Waals surface area contributed by atoms with Gasteiger partial charge in [0.1, 0.15) is 5.82 Å². The first-order valence-electron chi connectivity index (χ1n) is 5.98. The summed E-state index contributed by atoms with van der Waals surface area (Å²) in [6.07, 6.45) is 0. The van der Waals surface area contributed by atoms with E-state index < -0.39 is 5.82 Å². The normalized spacial score (nSPS) is 11.9. The van der Waals surface area contributed by atoms with Gasteiger partial charge >= 0.3 is 0 Å². The Labute approximate surface area is 111 Å². The fourth-order valence-corrected chi connectivity index (χ4v) is 1.85. The van der Waals surface area contributed by atoms with Gasteiger partial charge < -0.3 is 11.1 Å². The van der Waals surface area contributed by atoms with Crippen molar-refractivity contribution in [3.05, 3.63) is 65.5 Å². The zero-order chi connectivity index (χ0) is 13.8. The van der Waals surface area contributed by atoms with Crippen LogP contribution in [0.3, 0.4) is 0 Å². The Bertz CT molecular complexity index is 564. The smallest absolute Gasteiger partial charge is 0.251 e. The molecule has 0 aliphatic rings. The molecule has 98 valence electrons. The number of halogens is 1. The molecule has 0 aliphatic carbocycles. The van der Waals surface area contributed by atoms with Crippen molar-refractivity contribution in [3.63, 3.8) is 0 Å². The fourth-order valence-electron chi connectivity index (χ4n) is 1.85. The predicted molar refractivity (Wildman–Crippen MR) is 73.1 cm³/mol. The van der Waals surface area contributed by atoms with Crippen LogP contribution in [0.2, 0.25) is 0 Å². The molecule has 0 heterocycles. The zero-order valence-corrected chi connectivity index (χ0v) is 10.6. The van der Waals surface area contributed by atoms with Crippen LogP contribution in [0.4, 0.5) is 10.1 Å². The molecule has 0 fully saturated rings. The number of hydrogen-bond donors (Lipinski definition) is 2. The Morgan fingerprint density at radius 2 is 1.89 bits per heavy atom. The lowest BCUT2D eigenvalue weighted by Gasteiger charge is -2.14. The summed E-state index contributed by atoms with van der Waals surface area (Å²) in [4.78, 5) is 12.0. The average molecular weight is 258 g/mol. The third kappa shape index (κ3) is 3.31. The van der Waals surface area contributed by atoms with Crippen molar-refractivity contribution in [2.75, 3.05) is 5.73 Å². The van der Waals surface area contributed by atoms with Gasteiger partial charge in [0.05, 0.1) is 6.04 Å². The number of carbonyl (C=O) groups excluding carboxylic acids is 1. The van der Waals surface area contributed by atoms with Gasteiger partial charge in [0.25, 0.3) is 5.91 Å². The second kappa shape index (κ2) is 5.52. The quantitative estimate of drug-likeness (QED) is 0.832. The van der Waals surface area contributed by atoms with Crippen LogP contribution in [0.15, 0.2) is 48.5 Å². The maximum absolute atomic E-state index is 13.2. The number of nitrogens with one attached hydrogen (secondary N) is 1. The van der Waals surface area contributed by atoms with E-state index in [0.717, 1.165) is 5.56 Å². The van der Waals surface area contributed by atoms with Crippen molar-refractivity contribution in [1.29, 1.82) is 0 Å². The van der Waals surface area contributed by atoms with E-state index in [1.54, 1.807) is 0 Å². The lowest BCUT2D eigenvalue weighted by atomic mass is 10.1. The van der Waals surface area contributed by atoms with Gasteiger partial charge in [-0.25, -0.2) is 4.39 Å². The Morgan fingerprint density at radius 1 is 1.21 bits per heavy atom. The number of hydrogen-bond acceptors (Lipinski definition) is 2. The van der Waals surface area contributed by atoms with Crippen LogP contribution in [0.25, 0.3) is 0 Å². The monoisotopic (exact) mass is 258 g/mol.